The van der Waals surface area contributed by atoms with E-state index in [-0.39, 0.29) is 20.1 Å². The Balaban J connectivity index is 0.000000164. The smallest absolute Gasteiger partial charge is 0.135 e. The fraction of sp³-hybridized carbons (Fsp3) is 0.135. The molecule has 291 valence electrons. The zero-order chi connectivity index (χ0) is 39.8. The van der Waals surface area contributed by atoms with Crippen molar-refractivity contribution < 1.29 is 24.5 Å². The summed E-state index contributed by atoms with van der Waals surface area (Å²) in [5.41, 5.74) is 13.4. The molecule has 0 fully saturated rings. The molecule has 0 aliphatic carbocycles. The molecule has 0 saturated carbocycles. The van der Waals surface area contributed by atoms with Gasteiger partial charge in [-0.25, -0.2) is 0 Å². The second-order valence-corrected chi connectivity index (χ2v) is 20.7. The van der Waals surface area contributed by atoms with E-state index in [4.69, 9.17) is 9.40 Å². The van der Waals surface area contributed by atoms with Crippen molar-refractivity contribution >= 4 is 35.2 Å². The van der Waals surface area contributed by atoms with Gasteiger partial charge < -0.3 is 4.42 Å². The van der Waals surface area contributed by atoms with Gasteiger partial charge in [0.05, 0.1) is 25.2 Å². The van der Waals surface area contributed by atoms with Crippen LogP contribution in [-0.2, 0) is 20.1 Å². The first-order chi connectivity index (χ1) is 27.6. The van der Waals surface area contributed by atoms with Crippen LogP contribution in [0.2, 0.25) is 19.6 Å². The molecule has 0 saturated heterocycles. The Kier molecular flexibility index (Phi) is 13.8. The van der Waals surface area contributed by atoms with E-state index in [9.17, 15) is 0 Å². The molecule has 1 radical (unpaired) electrons. The molecule has 4 heterocycles. The number of aromatic nitrogens is 3. The van der Waals surface area contributed by atoms with E-state index in [2.05, 4.69) is 154 Å². The van der Waals surface area contributed by atoms with Crippen LogP contribution in [0.3, 0.4) is 0 Å². The van der Waals surface area contributed by atoms with E-state index < -0.39 is 8.07 Å². The molecule has 0 unspecified atom stereocenters. The molecule has 58 heavy (non-hydrogen) atoms. The van der Waals surface area contributed by atoms with Crippen molar-refractivity contribution in [1.29, 1.82) is 0 Å². The SMILES string of the molecule is C[Si](C)(C)c1ccc(-c2ccccc2)nc1.Cc1cnc(-c2ccc3oc4ccc(-c5ccccc5)cc4c3c2)cc1C(C)C.[Ir].c1ccc(-c2ccccn2)cc1. The van der Waals surface area contributed by atoms with E-state index in [1.54, 1.807) is 0 Å². The van der Waals surface area contributed by atoms with Crippen molar-refractivity contribution in [2.24, 2.45) is 0 Å². The van der Waals surface area contributed by atoms with Gasteiger partial charge in [-0.3, -0.25) is 15.0 Å². The van der Waals surface area contributed by atoms with Gasteiger partial charge in [0.1, 0.15) is 11.2 Å². The third-order valence-electron chi connectivity index (χ3n) is 10.1. The van der Waals surface area contributed by atoms with Gasteiger partial charge in [0.25, 0.3) is 0 Å². The maximum absolute atomic E-state index is 6.09. The number of nitrogens with zero attached hydrogens (tertiary/aromatic N) is 3. The van der Waals surface area contributed by atoms with Gasteiger partial charge in [-0.15, -0.1) is 0 Å². The van der Waals surface area contributed by atoms with E-state index >= 15 is 0 Å². The first-order valence-corrected chi connectivity index (χ1v) is 23.1. The number of hydrogen-bond acceptors (Lipinski definition) is 4. The molecule has 0 spiro atoms. The third kappa shape index (κ3) is 10.2. The van der Waals surface area contributed by atoms with Crippen LogP contribution in [0, 0.1) is 6.92 Å². The van der Waals surface area contributed by atoms with Crippen molar-refractivity contribution in [1.82, 2.24) is 15.0 Å². The Morgan fingerprint density at radius 3 is 1.50 bits per heavy atom. The summed E-state index contributed by atoms with van der Waals surface area (Å²) in [5.74, 6) is 0.476. The van der Waals surface area contributed by atoms with Crippen LogP contribution < -0.4 is 5.19 Å². The van der Waals surface area contributed by atoms with Crippen LogP contribution in [0.15, 0.2) is 187 Å². The minimum Gasteiger partial charge on any atom is -0.456 e. The maximum atomic E-state index is 6.09. The molecule has 4 aromatic heterocycles. The third-order valence-corrected chi connectivity index (χ3v) is 12.1. The average molecular weight is 952 g/mol. The van der Waals surface area contributed by atoms with E-state index in [1.807, 2.05) is 79.3 Å². The minimum absolute atomic E-state index is 0. The quantitative estimate of drug-likeness (QED) is 0.156. The van der Waals surface area contributed by atoms with Crippen molar-refractivity contribution in [3.63, 3.8) is 0 Å². The number of rotatable bonds is 6. The molecule has 0 atom stereocenters. The van der Waals surface area contributed by atoms with Crippen LogP contribution >= 0.6 is 0 Å². The second kappa shape index (κ2) is 19.1. The summed E-state index contributed by atoms with van der Waals surface area (Å²) in [5, 5.41) is 3.68. The predicted molar refractivity (Wildman–Crippen MR) is 244 cm³/mol. The maximum Gasteiger partial charge on any atom is 0.135 e. The molecule has 0 amide bonds. The number of hydrogen-bond donors (Lipinski definition) is 0. The zero-order valence-corrected chi connectivity index (χ0v) is 37.4. The van der Waals surface area contributed by atoms with Crippen molar-refractivity contribution in [3.8, 4) is 44.9 Å². The van der Waals surface area contributed by atoms with Gasteiger partial charge >= 0.3 is 0 Å². The number of benzene rings is 5. The van der Waals surface area contributed by atoms with Gasteiger partial charge in [0, 0.05) is 66.2 Å². The summed E-state index contributed by atoms with van der Waals surface area (Å²) < 4.78 is 6.09. The van der Waals surface area contributed by atoms with E-state index in [0.29, 0.717) is 5.92 Å². The molecule has 9 aromatic rings. The average Bonchev–Trinajstić information content (AvgIpc) is 3.62. The van der Waals surface area contributed by atoms with Crippen LogP contribution in [0.1, 0.15) is 30.9 Å². The monoisotopic (exact) mass is 952 g/mol. The summed E-state index contributed by atoms with van der Waals surface area (Å²) in [6, 6.07) is 56.2. The topological polar surface area (TPSA) is 51.8 Å². The Morgan fingerprint density at radius 1 is 0.466 bits per heavy atom. The van der Waals surface area contributed by atoms with Crippen molar-refractivity contribution in [3.05, 3.63) is 194 Å². The fourth-order valence-electron chi connectivity index (χ4n) is 6.83. The molecular formula is C52H49IrN3OSi. The molecule has 5 aromatic carbocycles. The molecule has 4 nitrogen and oxygen atoms in total. The van der Waals surface area contributed by atoms with E-state index in [0.717, 1.165) is 50.1 Å². The Bertz CT molecular complexity index is 2640. The largest absolute Gasteiger partial charge is 0.456 e. The summed E-state index contributed by atoms with van der Waals surface area (Å²) in [7, 11) is -1.22. The van der Waals surface area contributed by atoms with Crippen LogP contribution in [0.5, 0.6) is 0 Å². The Hall–Kier alpha value is -5.78. The number of aryl methyl sites for hydroxylation is 1. The summed E-state index contributed by atoms with van der Waals surface area (Å²) in [6.45, 7) is 13.6. The number of fused-ring (bicyclic) bond motifs is 3. The van der Waals surface area contributed by atoms with Crippen LogP contribution in [-0.4, -0.2) is 23.0 Å². The van der Waals surface area contributed by atoms with E-state index in [1.165, 1.54) is 33.0 Å². The molecule has 6 heteroatoms. The standard InChI is InChI=1S/C27H23NO.C14H17NSi.C11H9N.Ir/c1-17(2)22-15-25(28-16-18(22)3)21-10-12-27-24(14-21)23-13-20(9-11-26(23)29-27)19-7-5-4-6-8-19;1-16(2,3)13-9-10-14(15-11-13)12-7-5-4-6-8-12;1-2-6-10(7-3-1)11-8-4-5-9-12-11;/h4-17H,1-3H3;4-11H,1-3H3;1-9H;. The molecule has 0 aliphatic rings. The van der Waals surface area contributed by atoms with Crippen molar-refractivity contribution in [2.75, 3.05) is 0 Å². The fourth-order valence-corrected chi connectivity index (χ4v) is 7.86. The normalized spacial score (nSPS) is 10.9. The second-order valence-electron chi connectivity index (χ2n) is 15.6. The number of pyridine rings is 3. The molecular weight excluding hydrogens is 903 g/mol. The van der Waals surface area contributed by atoms with Gasteiger partial charge in [-0.2, -0.15) is 0 Å². The first-order valence-electron chi connectivity index (χ1n) is 19.6. The predicted octanol–water partition coefficient (Wildman–Crippen LogP) is 13.8. The first kappa shape index (κ1) is 41.8. The van der Waals surface area contributed by atoms with Gasteiger partial charge in [-0.1, -0.05) is 143 Å². The van der Waals surface area contributed by atoms with Gasteiger partial charge in [-0.05, 0) is 94.9 Å². The van der Waals surface area contributed by atoms with Crippen LogP contribution in [0.4, 0.5) is 0 Å². The van der Waals surface area contributed by atoms with Crippen LogP contribution in [0.25, 0.3) is 66.8 Å². The molecule has 9 rings (SSSR count). The zero-order valence-electron chi connectivity index (χ0n) is 34.0. The summed E-state index contributed by atoms with van der Waals surface area (Å²) in [6.07, 6.45) is 5.83. The van der Waals surface area contributed by atoms with Crippen molar-refractivity contribution in [2.45, 2.75) is 46.3 Å². The van der Waals surface area contributed by atoms with Gasteiger partial charge in [0.2, 0.25) is 0 Å². The summed E-state index contributed by atoms with van der Waals surface area (Å²) >= 11 is 0. The van der Waals surface area contributed by atoms with Gasteiger partial charge in [0.15, 0.2) is 0 Å². The Morgan fingerprint density at radius 2 is 0.983 bits per heavy atom. The number of furan rings is 1. The Labute approximate surface area is 357 Å². The minimum atomic E-state index is -1.22. The molecule has 0 bridgehead atoms. The molecule has 0 aliphatic heterocycles. The summed E-state index contributed by atoms with van der Waals surface area (Å²) in [4.78, 5) is 13.5. The molecule has 0 N–H and O–H groups in total.